The van der Waals surface area contributed by atoms with Gasteiger partial charge in [0.1, 0.15) is 11.5 Å². The quantitative estimate of drug-likeness (QED) is 0.102. The van der Waals surface area contributed by atoms with E-state index >= 15 is 0 Å². The minimum absolute atomic E-state index is 0.0871. The first-order valence-electron chi connectivity index (χ1n) is 14.2. The predicted octanol–water partition coefficient (Wildman–Crippen LogP) is 6.79. The summed E-state index contributed by atoms with van der Waals surface area (Å²) in [6.07, 6.45) is 0.942. The largest absolute Gasteiger partial charge is 0.584 e. The van der Waals surface area contributed by atoms with E-state index in [1.165, 1.54) is 26.0 Å². The van der Waals surface area contributed by atoms with E-state index in [0.717, 1.165) is 0 Å². The Bertz CT molecular complexity index is 1650. The van der Waals surface area contributed by atoms with Crippen LogP contribution in [0.15, 0.2) is 97.1 Å². The fourth-order valence-corrected chi connectivity index (χ4v) is 5.43. The fourth-order valence-electron chi connectivity index (χ4n) is 4.64. The Balaban J connectivity index is 1.35. The van der Waals surface area contributed by atoms with Gasteiger partial charge in [0.15, 0.2) is 11.6 Å². The zero-order chi connectivity index (χ0) is 32.4. The molecule has 0 aliphatic heterocycles. The van der Waals surface area contributed by atoms with Gasteiger partial charge >= 0.3 is 7.82 Å². The minimum Gasteiger partial charge on any atom is -0.395 e. The first-order chi connectivity index (χ1) is 21.5. The number of Topliss-reactive ketones (excluding diaryl/α,β-unsaturated/α-hetero) is 2. The molecular formula is C34H33N2O8P. The number of rotatable bonds is 14. The van der Waals surface area contributed by atoms with Crippen molar-refractivity contribution >= 4 is 42.6 Å². The van der Waals surface area contributed by atoms with Crippen molar-refractivity contribution in [1.29, 1.82) is 0 Å². The molecule has 0 spiro atoms. The van der Waals surface area contributed by atoms with Gasteiger partial charge < -0.3 is 19.7 Å². The lowest BCUT2D eigenvalue weighted by Crippen LogP contribution is -2.11. The van der Waals surface area contributed by atoms with Crippen molar-refractivity contribution in [2.45, 2.75) is 39.5 Å². The Kier molecular flexibility index (Phi) is 11.0. The van der Waals surface area contributed by atoms with Crippen molar-refractivity contribution in [3.05, 3.63) is 119 Å². The summed E-state index contributed by atoms with van der Waals surface area (Å²) in [4.78, 5) is 59.1. The third-order valence-electron chi connectivity index (χ3n) is 6.60. The zero-order valence-electron chi connectivity index (χ0n) is 24.8. The topological polar surface area (TPSA) is 148 Å². The van der Waals surface area contributed by atoms with Crippen LogP contribution in [-0.4, -0.2) is 28.3 Å². The number of ketones is 2. The molecule has 0 unspecified atom stereocenters. The third kappa shape index (κ3) is 9.99. The van der Waals surface area contributed by atoms with Gasteiger partial charge in [-0.1, -0.05) is 48.5 Å². The number of hydrogen-bond acceptors (Lipinski definition) is 7. The maximum atomic E-state index is 12.9. The molecule has 2 amide bonds. The highest BCUT2D eigenvalue weighted by Crippen LogP contribution is 2.44. The molecule has 4 aromatic carbocycles. The first kappa shape index (κ1) is 32.9. The van der Waals surface area contributed by atoms with E-state index < -0.39 is 7.82 Å². The lowest BCUT2D eigenvalue weighted by Gasteiger charge is -2.15. The van der Waals surface area contributed by atoms with Crippen molar-refractivity contribution in [2.75, 3.05) is 10.6 Å². The van der Waals surface area contributed by atoms with E-state index in [4.69, 9.17) is 9.05 Å². The lowest BCUT2D eigenvalue weighted by atomic mass is 10.0. The van der Waals surface area contributed by atoms with Crippen LogP contribution >= 0.6 is 7.82 Å². The second-order valence-corrected chi connectivity index (χ2v) is 11.5. The van der Waals surface area contributed by atoms with Crippen molar-refractivity contribution in [3.8, 4) is 11.5 Å². The molecular weight excluding hydrogens is 595 g/mol. The van der Waals surface area contributed by atoms with Gasteiger partial charge in [-0.2, -0.15) is 0 Å². The minimum atomic E-state index is -4.60. The molecule has 0 saturated heterocycles. The number of carbonyl (C=O) groups excluding carboxylic acids is 4. The molecule has 0 bridgehead atoms. The van der Waals surface area contributed by atoms with Crippen LogP contribution in [0.25, 0.3) is 0 Å². The molecule has 0 radical (unpaired) electrons. The first-order valence-corrected chi connectivity index (χ1v) is 15.7. The number of phosphoric acid groups is 1. The molecule has 0 aliphatic carbocycles. The average molecular weight is 629 g/mol. The van der Waals surface area contributed by atoms with Crippen molar-refractivity contribution in [3.63, 3.8) is 0 Å². The van der Waals surface area contributed by atoms with Crippen LogP contribution in [0.5, 0.6) is 11.5 Å². The monoisotopic (exact) mass is 628 g/mol. The third-order valence-corrected chi connectivity index (χ3v) is 7.48. The van der Waals surface area contributed by atoms with Gasteiger partial charge in [-0.25, -0.2) is 4.57 Å². The summed E-state index contributed by atoms with van der Waals surface area (Å²) in [5.74, 6) is -0.716. The van der Waals surface area contributed by atoms with Crippen LogP contribution in [0, 0.1) is 0 Å². The average Bonchev–Trinajstić information content (AvgIpc) is 2.98. The summed E-state index contributed by atoms with van der Waals surface area (Å²) in [6, 6.07) is 26.4. The van der Waals surface area contributed by atoms with E-state index in [2.05, 4.69) is 10.6 Å². The smallest absolute Gasteiger partial charge is 0.395 e. The maximum Gasteiger partial charge on any atom is 0.584 e. The zero-order valence-corrected chi connectivity index (χ0v) is 25.7. The van der Waals surface area contributed by atoms with Crippen LogP contribution in [0.1, 0.15) is 58.5 Å². The van der Waals surface area contributed by atoms with Gasteiger partial charge in [-0.15, -0.1) is 0 Å². The SMILES string of the molecule is CC(=O)Nc1ccccc1C(=O)CCc1cccc(OP(=O)(O)Oc2cccc(CCC(=O)c3ccccc3NC(C)=O)c2)c1. The molecule has 0 aliphatic rings. The molecule has 232 valence electrons. The summed E-state index contributed by atoms with van der Waals surface area (Å²) < 4.78 is 23.5. The standard InChI is InChI=1S/C34H33N2O8P/c1-23(37)35-31-15-5-3-13-29(31)33(39)19-17-25-9-7-11-27(21-25)43-45(41,42)44-28-12-8-10-26(22-28)18-20-34(40)30-14-4-6-16-32(30)36-24(2)38/h3-16,21-22H,17-20H2,1-2H3,(H,35,37)(H,36,38)(H,41,42). The molecule has 0 aromatic heterocycles. The Hall–Kier alpha value is -5.05. The van der Waals surface area contributed by atoms with Gasteiger partial charge in [-0.05, 0) is 72.5 Å². The highest BCUT2D eigenvalue weighted by molar-refractivity contribution is 7.48. The molecule has 0 saturated carbocycles. The number of carbonyl (C=O) groups is 4. The molecule has 10 nitrogen and oxygen atoms in total. The molecule has 4 rings (SSSR count). The van der Waals surface area contributed by atoms with Gasteiger partial charge in [0.2, 0.25) is 11.8 Å². The van der Waals surface area contributed by atoms with E-state index in [1.54, 1.807) is 84.9 Å². The van der Waals surface area contributed by atoms with Crippen LogP contribution in [0.4, 0.5) is 11.4 Å². The van der Waals surface area contributed by atoms with Crippen LogP contribution < -0.4 is 19.7 Å². The predicted molar refractivity (Wildman–Crippen MR) is 171 cm³/mol. The number of nitrogens with one attached hydrogen (secondary N) is 2. The van der Waals surface area contributed by atoms with Crippen molar-refractivity contribution in [2.24, 2.45) is 0 Å². The highest BCUT2D eigenvalue weighted by atomic mass is 31.2. The number of hydrogen-bond donors (Lipinski definition) is 3. The van der Waals surface area contributed by atoms with Gasteiger partial charge in [-0.3, -0.25) is 24.1 Å². The lowest BCUT2D eigenvalue weighted by molar-refractivity contribution is -0.115. The maximum absolute atomic E-state index is 12.9. The van der Waals surface area contributed by atoms with Gasteiger partial charge in [0, 0.05) is 37.8 Å². The van der Waals surface area contributed by atoms with Crippen LogP contribution in [0.2, 0.25) is 0 Å². The fraction of sp³-hybridized carbons (Fsp3) is 0.176. The Labute approximate surface area is 261 Å². The molecule has 11 heteroatoms. The number of anilines is 2. The second-order valence-electron chi connectivity index (χ2n) is 10.2. The summed E-state index contributed by atoms with van der Waals surface area (Å²) in [5.41, 5.74) is 3.07. The second kappa shape index (κ2) is 15.1. The number of amides is 2. The van der Waals surface area contributed by atoms with E-state index in [-0.39, 0.29) is 47.7 Å². The summed E-state index contributed by atoms with van der Waals surface area (Å²) in [5, 5.41) is 5.31. The molecule has 4 aromatic rings. The normalized spacial score (nSPS) is 10.9. The molecule has 3 N–H and O–H groups in total. The highest BCUT2D eigenvalue weighted by Gasteiger charge is 2.25. The number of aryl methyl sites for hydroxylation is 2. The summed E-state index contributed by atoms with van der Waals surface area (Å²) in [7, 11) is -4.60. The number of phosphoric ester groups is 1. The van der Waals surface area contributed by atoms with Crippen molar-refractivity contribution < 1.29 is 37.7 Å². The number of benzene rings is 4. The Morgan fingerprint density at radius 2 is 1.02 bits per heavy atom. The van der Waals surface area contributed by atoms with Gasteiger partial charge in [0.25, 0.3) is 0 Å². The molecule has 0 heterocycles. The molecule has 0 fully saturated rings. The Morgan fingerprint density at radius 3 is 1.42 bits per heavy atom. The van der Waals surface area contributed by atoms with Crippen LogP contribution in [0.3, 0.4) is 0 Å². The number of para-hydroxylation sites is 2. The van der Waals surface area contributed by atoms with Crippen LogP contribution in [-0.2, 0) is 27.0 Å². The van der Waals surface area contributed by atoms with E-state index in [9.17, 15) is 28.6 Å². The summed E-state index contributed by atoms with van der Waals surface area (Å²) in [6.45, 7) is 2.74. The molecule has 45 heavy (non-hydrogen) atoms. The van der Waals surface area contributed by atoms with Gasteiger partial charge in [0.05, 0.1) is 11.4 Å². The van der Waals surface area contributed by atoms with E-state index in [0.29, 0.717) is 46.5 Å². The van der Waals surface area contributed by atoms with Crippen molar-refractivity contribution in [1.82, 2.24) is 0 Å². The molecule has 0 atom stereocenters. The summed E-state index contributed by atoms with van der Waals surface area (Å²) >= 11 is 0. The Morgan fingerprint density at radius 1 is 0.622 bits per heavy atom. The van der Waals surface area contributed by atoms with E-state index in [1.807, 2.05) is 0 Å².